The number of ether oxygens (including phenoxy) is 1. The number of aromatic carboxylic acids is 1. The average molecular weight is 280 g/mol. The van der Waals surface area contributed by atoms with E-state index >= 15 is 0 Å². The summed E-state index contributed by atoms with van der Waals surface area (Å²) >= 11 is 0. The minimum Gasteiger partial charge on any atom is -0.477 e. The maximum Gasteiger partial charge on any atom is 0.342 e. The van der Waals surface area contributed by atoms with Gasteiger partial charge in [0.25, 0.3) is 0 Å². The van der Waals surface area contributed by atoms with E-state index < -0.39 is 10.9 Å². The van der Waals surface area contributed by atoms with Crippen molar-refractivity contribution in [3.63, 3.8) is 0 Å². The van der Waals surface area contributed by atoms with Crippen LogP contribution in [-0.4, -0.2) is 34.8 Å². The highest BCUT2D eigenvalue weighted by Crippen LogP contribution is 2.33. The lowest BCUT2D eigenvalue weighted by Crippen LogP contribution is -2.41. The monoisotopic (exact) mass is 280 g/mol. The summed E-state index contributed by atoms with van der Waals surface area (Å²) in [6, 6.07) is 4.33. The average Bonchev–Trinajstić information content (AvgIpc) is 2.35. The van der Waals surface area contributed by atoms with E-state index in [1.807, 2.05) is 6.92 Å². The van der Waals surface area contributed by atoms with E-state index in [-0.39, 0.29) is 29.1 Å². The topological polar surface area (TPSA) is 102 Å². The van der Waals surface area contributed by atoms with Gasteiger partial charge in [-0.05, 0) is 31.9 Å². The first-order valence-corrected chi connectivity index (χ1v) is 6.41. The molecule has 0 spiro atoms. The van der Waals surface area contributed by atoms with Crippen LogP contribution in [0, 0.1) is 10.1 Å². The SMILES string of the molecule is CCOC1CC(Nc2cccc(C(=O)O)c2[N+](=O)[O-])C1. The number of benzene rings is 1. The first-order chi connectivity index (χ1) is 9.52. The standard InChI is InChI=1S/C13H16N2O5/c1-2-20-9-6-8(7-9)14-11-5-3-4-10(13(16)17)12(11)15(18)19/h3-5,8-9,14H,2,6-7H2,1H3,(H,16,17). The van der Waals surface area contributed by atoms with Gasteiger partial charge in [-0.2, -0.15) is 0 Å². The van der Waals surface area contributed by atoms with Crippen molar-refractivity contribution in [1.82, 2.24) is 0 Å². The lowest BCUT2D eigenvalue weighted by Gasteiger charge is -2.35. The minimum atomic E-state index is -1.30. The molecule has 1 aromatic carbocycles. The van der Waals surface area contributed by atoms with Crippen LogP contribution < -0.4 is 5.32 Å². The summed E-state index contributed by atoms with van der Waals surface area (Å²) in [6.07, 6.45) is 1.71. The number of nitrogens with one attached hydrogen (secondary N) is 1. The van der Waals surface area contributed by atoms with Gasteiger partial charge in [0.2, 0.25) is 0 Å². The van der Waals surface area contributed by atoms with E-state index in [2.05, 4.69) is 5.32 Å². The molecular weight excluding hydrogens is 264 g/mol. The third-order valence-electron chi connectivity index (χ3n) is 3.31. The van der Waals surface area contributed by atoms with Gasteiger partial charge >= 0.3 is 11.7 Å². The molecule has 7 heteroatoms. The number of carbonyl (C=O) groups is 1. The van der Waals surface area contributed by atoms with Crippen molar-refractivity contribution in [3.8, 4) is 0 Å². The zero-order valence-corrected chi connectivity index (χ0v) is 11.0. The molecule has 0 heterocycles. The molecule has 0 bridgehead atoms. The summed E-state index contributed by atoms with van der Waals surface area (Å²) in [4.78, 5) is 21.4. The number of nitro groups is 1. The normalized spacial score (nSPS) is 21.1. The second-order valence-electron chi connectivity index (χ2n) is 4.65. The summed E-state index contributed by atoms with van der Waals surface area (Å²) < 4.78 is 5.42. The number of para-hydroxylation sites is 1. The number of carboxylic acid groups (broad SMARTS) is 1. The van der Waals surface area contributed by atoms with Crippen LogP contribution >= 0.6 is 0 Å². The first-order valence-electron chi connectivity index (χ1n) is 6.41. The zero-order valence-electron chi connectivity index (χ0n) is 11.0. The van der Waals surface area contributed by atoms with E-state index in [0.717, 1.165) is 12.8 Å². The summed E-state index contributed by atoms with van der Waals surface area (Å²) in [5, 5.41) is 23.1. The molecule has 0 unspecified atom stereocenters. The number of anilines is 1. The van der Waals surface area contributed by atoms with Gasteiger partial charge in [0.05, 0.1) is 11.0 Å². The van der Waals surface area contributed by atoms with Crippen LogP contribution in [0.2, 0.25) is 0 Å². The van der Waals surface area contributed by atoms with Gasteiger partial charge in [-0.1, -0.05) is 6.07 Å². The lowest BCUT2D eigenvalue weighted by atomic mass is 9.89. The molecule has 1 aliphatic rings. The third kappa shape index (κ3) is 2.88. The van der Waals surface area contributed by atoms with Crippen molar-refractivity contribution in [2.45, 2.75) is 31.9 Å². The summed E-state index contributed by atoms with van der Waals surface area (Å²) in [6.45, 7) is 2.56. The van der Waals surface area contributed by atoms with Crippen LogP contribution in [0.5, 0.6) is 0 Å². The number of rotatable bonds is 6. The van der Waals surface area contributed by atoms with E-state index in [9.17, 15) is 14.9 Å². The fourth-order valence-electron chi connectivity index (χ4n) is 2.30. The molecule has 0 saturated heterocycles. The van der Waals surface area contributed by atoms with Gasteiger partial charge in [-0.3, -0.25) is 10.1 Å². The van der Waals surface area contributed by atoms with Gasteiger partial charge in [-0.15, -0.1) is 0 Å². The highest BCUT2D eigenvalue weighted by atomic mass is 16.6. The Hall–Kier alpha value is -2.15. The third-order valence-corrected chi connectivity index (χ3v) is 3.31. The van der Waals surface area contributed by atoms with Crippen LogP contribution in [0.15, 0.2) is 18.2 Å². The molecule has 2 rings (SSSR count). The second kappa shape index (κ2) is 5.87. The van der Waals surface area contributed by atoms with Crippen molar-refractivity contribution in [1.29, 1.82) is 0 Å². The van der Waals surface area contributed by atoms with Gasteiger partial charge in [0.15, 0.2) is 0 Å². The first kappa shape index (κ1) is 14.3. The molecule has 1 aliphatic carbocycles. The van der Waals surface area contributed by atoms with Crippen molar-refractivity contribution >= 4 is 17.3 Å². The Morgan fingerprint density at radius 1 is 1.55 bits per heavy atom. The van der Waals surface area contributed by atoms with Gasteiger partial charge in [0.1, 0.15) is 11.3 Å². The van der Waals surface area contributed by atoms with Crippen molar-refractivity contribution < 1.29 is 19.6 Å². The molecule has 7 nitrogen and oxygen atoms in total. The molecule has 0 aliphatic heterocycles. The highest BCUT2D eigenvalue weighted by molar-refractivity contribution is 5.95. The predicted molar refractivity (Wildman–Crippen MR) is 72.1 cm³/mol. The van der Waals surface area contributed by atoms with E-state index in [4.69, 9.17) is 9.84 Å². The number of carboxylic acids is 1. The Bertz CT molecular complexity index is 525. The summed E-state index contributed by atoms with van der Waals surface area (Å²) in [5.74, 6) is -1.30. The fraction of sp³-hybridized carbons (Fsp3) is 0.462. The molecule has 1 saturated carbocycles. The van der Waals surface area contributed by atoms with Gasteiger partial charge in [-0.25, -0.2) is 4.79 Å². The largest absolute Gasteiger partial charge is 0.477 e. The van der Waals surface area contributed by atoms with Crippen molar-refractivity contribution in [3.05, 3.63) is 33.9 Å². The molecule has 1 aromatic rings. The second-order valence-corrected chi connectivity index (χ2v) is 4.65. The molecule has 0 aromatic heterocycles. The quantitative estimate of drug-likeness (QED) is 0.612. The van der Waals surface area contributed by atoms with Gasteiger partial charge < -0.3 is 15.2 Å². The number of hydrogen-bond donors (Lipinski definition) is 2. The van der Waals surface area contributed by atoms with Crippen molar-refractivity contribution in [2.75, 3.05) is 11.9 Å². The summed E-state index contributed by atoms with van der Waals surface area (Å²) in [5.41, 5.74) is -0.449. The van der Waals surface area contributed by atoms with Crippen LogP contribution in [0.3, 0.4) is 0 Å². The van der Waals surface area contributed by atoms with Crippen molar-refractivity contribution in [2.24, 2.45) is 0 Å². The Labute approximate surface area is 115 Å². The highest BCUT2D eigenvalue weighted by Gasteiger charge is 2.32. The fourth-order valence-corrected chi connectivity index (χ4v) is 2.30. The van der Waals surface area contributed by atoms with E-state index in [1.165, 1.54) is 18.2 Å². The summed E-state index contributed by atoms with van der Waals surface area (Å²) in [7, 11) is 0. The lowest BCUT2D eigenvalue weighted by molar-refractivity contribution is -0.384. The Kier molecular flexibility index (Phi) is 4.19. The van der Waals surface area contributed by atoms with E-state index in [0.29, 0.717) is 6.61 Å². The van der Waals surface area contributed by atoms with Gasteiger partial charge in [0, 0.05) is 12.6 Å². The van der Waals surface area contributed by atoms with E-state index in [1.54, 1.807) is 0 Å². The smallest absolute Gasteiger partial charge is 0.342 e. The van der Waals surface area contributed by atoms with Crippen LogP contribution in [0.25, 0.3) is 0 Å². The van der Waals surface area contributed by atoms with Crippen LogP contribution in [0.4, 0.5) is 11.4 Å². The molecular formula is C13H16N2O5. The Morgan fingerprint density at radius 2 is 2.25 bits per heavy atom. The number of nitro benzene ring substituents is 1. The number of hydrogen-bond acceptors (Lipinski definition) is 5. The molecule has 1 fully saturated rings. The van der Waals surface area contributed by atoms with Crippen LogP contribution in [0.1, 0.15) is 30.1 Å². The molecule has 0 amide bonds. The molecule has 108 valence electrons. The molecule has 0 radical (unpaired) electrons. The zero-order chi connectivity index (χ0) is 14.7. The predicted octanol–water partition coefficient (Wildman–Crippen LogP) is 2.27. The maximum atomic E-state index is 11.1. The number of nitrogens with zero attached hydrogens (tertiary/aromatic N) is 1. The Balaban J connectivity index is 2.14. The molecule has 0 atom stereocenters. The molecule has 2 N–H and O–H groups in total. The maximum absolute atomic E-state index is 11.1. The molecule has 20 heavy (non-hydrogen) atoms. The van der Waals surface area contributed by atoms with Crippen LogP contribution in [-0.2, 0) is 4.74 Å². The minimum absolute atomic E-state index is 0.0781. The Morgan fingerprint density at radius 3 is 2.80 bits per heavy atom.